The molecule has 2 aliphatic heterocycles. The zero-order valence-electron chi connectivity index (χ0n) is 47.3. The minimum Gasteiger partial charge on any atom is -0.445 e. The van der Waals surface area contributed by atoms with Gasteiger partial charge in [-0.05, 0) is 121 Å². The standard InChI is InChI=1S/C60H86N8O10/c1-42(2)36-48(63-52(70)49(37-43-20-12-9-13-21-43)64-53(71)50(38-44-22-14-10-15-23-44)65-56(74)78-59(6,7)8)51(69)62-47(26-18-19-29-61-55(73)77-58(3,4)5)54(72)67-30-27-60(28-31-67)39-46(40-60)66-32-34-68(35-33-66)57(75)76-41-45-24-16-11-17-25-45/h9-17,20-25,42,46-50H,18-19,26-41H2,1-8H3,(H,61,73)(H,62,69)(H,63,70)(H,64,71)(H,65,74). The highest BCUT2D eigenvalue weighted by molar-refractivity contribution is 5.95. The quantitative estimate of drug-likeness (QED) is 0.0498. The van der Waals surface area contributed by atoms with E-state index in [0.717, 1.165) is 55.5 Å². The van der Waals surface area contributed by atoms with Crippen LogP contribution in [0.3, 0.4) is 0 Å². The molecule has 4 unspecified atom stereocenters. The summed E-state index contributed by atoms with van der Waals surface area (Å²) >= 11 is 0. The minimum absolute atomic E-state index is 0.0560. The first kappa shape index (κ1) is 60.5. The van der Waals surface area contributed by atoms with Crippen molar-refractivity contribution in [2.24, 2.45) is 11.3 Å². The second kappa shape index (κ2) is 28.3. The minimum atomic E-state index is -1.17. The molecule has 0 radical (unpaired) electrons. The highest BCUT2D eigenvalue weighted by atomic mass is 16.6. The van der Waals surface area contributed by atoms with E-state index in [-0.39, 0.29) is 49.2 Å². The number of piperidine rings is 1. The van der Waals surface area contributed by atoms with Crippen LogP contribution in [-0.2, 0) is 52.8 Å². The SMILES string of the molecule is CC(C)CC(NC(=O)C(Cc1ccccc1)NC(=O)C(Cc1ccccc1)NC(=O)OC(C)(C)C)C(=O)NC(CCCCNC(=O)OC(C)(C)C)C(=O)N1CCC2(CC1)CC(N1CCN(C(=O)OCc3ccccc3)CC1)C2. The Balaban J connectivity index is 1.10. The van der Waals surface area contributed by atoms with E-state index < -0.39 is 65.3 Å². The number of rotatable bonds is 22. The van der Waals surface area contributed by atoms with Gasteiger partial charge in [0.1, 0.15) is 42.0 Å². The lowest BCUT2D eigenvalue weighted by Gasteiger charge is -2.56. The number of carbonyl (C=O) groups excluding carboxylic acids is 7. The summed E-state index contributed by atoms with van der Waals surface area (Å²) in [6.45, 7) is 18.8. The van der Waals surface area contributed by atoms with Gasteiger partial charge in [-0.25, -0.2) is 14.4 Å². The second-order valence-electron chi connectivity index (χ2n) is 23.8. The summed E-state index contributed by atoms with van der Waals surface area (Å²) in [5.41, 5.74) is 1.11. The topological polar surface area (TPSA) is 217 Å². The molecule has 6 rings (SSSR count). The van der Waals surface area contributed by atoms with E-state index in [9.17, 15) is 33.6 Å². The van der Waals surface area contributed by atoms with Crippen LogP contribution in [-0.4, -0.2) is 144 Å². The lowest BCUT2D eigenvalue weighted by atomic mass is 9.60. The third-order valence-corrected chi connectivity index (χ3v) is 14.5. The highest BCUT2D eigenvalue weighted by Gasteiger charge is 2.49. The van der Waals surface area contributed by atoms with Gasteiger partial charge in [0.05, 0.1) is 0 Å². The summed E-state index contributed by atoms with van der Waals surface area (Å²) in [6.07, 6.45) is 3.84. The third-order valence-electron chi connectivity index (χ3n) is 14.5. The van der Waals surface area contributed by atoms with Gasteiger partial charge >= 0.3 is 18.3 Å². The van der Waals surface area contributed by atoms with Gasteiger partial charge in [0.15, 0.2) is 0 Å². The number of hydrogen-bond donors (Lipinski definition) is 5. The number of amides is 7. The van der Waals surface area contributed by atoms with Crippen LogP contribution in [0.5, 0.6) is 0 Å². The number of nitrogens with zero attached hydrogens (tertiary/aromatic N) is 3. The Bertz CT molecular complexity index is 2420. The smallest absolute Gasteiger partial charge is 0.410 e. The molecule has 1 spiro atoms. The number of alkyl carbamates (subject to hydrolysis) is 2. The van der Waals surface area contributed by atoms with Crippen LogP contribution in [0.4, 0.5) is 14.4 Å². The van der Waals surface area contributed by atoms with Crippen LogP contribution in [0.25, 0.3) is 0 Å². The number of hydrogen-bond acceptors (Lipinski definition) is 11. The zero-order valence-corrected chi connectivity index (χ0v) is 47.3. The molecule has 0 aromatic heterocycles. The highest BCUT2D eigenvalue weighted by Crippen LogP contribution is 2.51. The van der Waals surface area contributed by atoms with E-state index in [4.69, 9.17) is 14.2 Å². The van der Waals surface area contributed by atoms with Crippen molar-refractivity contribution in [1.29, 1.82) is 0 Å². The fraction of sp³-hybridized carbons (Fsp3) is 0.583. The maximum atomic E-state index is 14.6. The maximum absolute atomic E-state index is 14.6. The van der Waals surface area contributed by atoms with E-state index >= 15 is 0 Å². The van der Waals surface area contributed by atoms with Crippen LogP contribution < -0.4 is 26.6 Å². The molecule has 18 heteroatoms. The monoisotopic (exact) mass is 1080 g/mol. The van der Waals surface area contributed by atoms with Gasteiger partial charge in [0.25, 0.3) is 0 Å². The summed E-state index contributed by atoms with van der Waals surface area (Å²) in [4.78, 5) is 103. The Hall–Kier alpha value is -6.69. The molecule has 3 fully saturated rings. The molecule has 3 aromatic rings. The Morgan fingerprint density at radius 1 is 0.564 bits per heavy atom. The number of carbonyl (C=O) groups is 7. The van der Waals surface area contributed by atoms with Gasteiger partial charge in [-0.3, -0.25) is 24.1 Å². The lowest BCUT2D eigenvalue weighted by molar-refractivity contribution is -0.141. The molecule has 4 atom stereocenters. The molecule has 7 amide bonds. The van der Waals surface area contributed by atoms with Crippen molar-refractivity contribution in [3.8, 4) is 0 Å². The fourth-order valence-corrected chi connectivity index (χ4v) is 10.4. The van der Waals surface area contributed by atoms with Crippen molar-refractivity contribution in [2.45, 2.75) is 168 Å². The number of piperazine rings is 1. The van der Waals surface area contributed by atoms with E-state index in [1.54, 1.807) is 46.4 Å². The second-order valence-corrected chi connectivity index (χ2v) is 23.8. The van der Waals surface area contributed by atoms with Crippen LogP contribution in [0.2, 0.25) is 0 Å². The van der Waals surface area contributed by atoms with Crippen molar-refractivity contribution in [3.05, 3.63) is 108 Å². The summed E-state index contributed by atoms with van der Waals surface area (Å²) in [6, 6.07) is 24.2. The Labute approximate surface area is 461 Å². The number of nitrogens with one attached hydrogen (secondary N) is 5. The van der Waals surface area contributed by atoms with Crippen LogP contribution >= 0.6 is 0 Å². The lowest BCUT2D eigenvalue weighted by Crippen LogP contribution is -2.61. The van der Waals surface area contributed by atoms with E-state index in [1.165, 1.54) is 0 Å². The first-order valence-corrected chi connectivity index (χ1v) is 28.0. The number of benzene rings is 3. The van der Waals surface area contributed by atoms with E-state index in [1.807, 2.05) is 110 Å². The van der Waals surface area contributed by atoms with Gasteiger partial charge < -0.3 is 50.6 Å². The Kier molecular flexibility index (Phi) is 21.9. The maximum Gasteiger partial charge on any atom is 0.410 e. The molecule has 2 heterocycles. The summed E-state index contributed by atoms with van der Waals surface area (Å²) in [5.74, 6) is -2.01. The summed E-state index contributed by atoms with van der Waals surface area (Å²) in [5, 5.41) is 14.4. The number of unbranched alkanes of at least 4 members (excludes halogenated alkanes) is 1. The zero-order chi connectivity index (χ0) is 56.5. The first-order chi connectivity index (χ1) is 37.0. The van der Waals surface area contributed by atoms with Gasteiger partial charge in [-0.1, -0.05) is 105 Å². The molecule has 3 aromatic carbocycles. The molecule has 1 aliphatic carbocycles. The summed E-state index contributed by atoms with van der Waals surface area (Å²) in [7, 11) is 0. The molecule has 2 saturated heterocycles. The number of ether oxygens (including phenoxy) is 3. The summed E-state index contributed by atoms with van der Waals surface area (Å²) < 4.78 is 16.5. The average molecular weight is 1080 g/mol. The van der Waals surface area contributed by atoms with Crippen molar-refractivity contribution in [2.75, 3.05) is 45.8 Å². The van der Waals surface area contributed by atoms with Crippen LogP contribution in [0.15, 0.2) is 91.0 Å². The van der Waals surface area contributed by atoms with Crippen molar-refractivity contribution < 1.29 is 47.8 Å². The van der Waals surface area contributed by atoms with Gasteiger partial charge in [0.2, 0.25) is 23.6 Å². The van der Waals surface area contributed by atoms with Crippen LogP contribution in [0, 0.1) is 11.3 Å². The first-order valence-electron chi connectivity index (χ1n) is 28.0. The Morgan fingerprint density at radius 2 is 1.04 bits per heavy atom. The third kappa shape index (κ3) is 19.6. The predicted octanol–water partition coefficient (Wildman–Crippen LogP) is 7.29. The van der Waals surface area contributed by atoms with Gasteiger partial charge in [-0.15, -0.1) is 0 Å². The normalized spacial score (nSPS) is 17.3. The molecule has 18 nitrogen and oxygen atoms in total. The molecule has 0 bridgehead atoms. The van der Waals surface area contributed by atoms with Crippen molar-refractivity contribution in [1.82, 2.24) is 41.3 Å². The van der Waals surface area contributed by atoms with E-state index in [2.05, 4.69) is 31.5 Å². The largest absolute Gasteiger partial charge is 0.445 e. The molecule has 78 heavy (non-hydrogen) atoms. The van der Waals surface area contributed by atoms with E-state index in [0.29, 0.717) is 58.0 Å². The van der Waals surface area contributed by atoms with Crippen molar-refractivity contribution >= 4 is 41.9 Å². The molecule has 426 valence electrons. The van der Waals surface area contributed by atoms with Crippen molar-refractivity contribution in [3.63, 3.8) is 0 Å². The average Bonchev–Trinajstić information content (AvgIpc) is 3.41. The van der Waals surface area contributed by atoms with Gasteiger partial charge in [-0.2, -0.15) is 0 Å². The molecular formula is C60H86N8O10. The molecular weight excluding hydrogens is 993 g/mol. The Morgan fingerprint density at radius 3 is 1.56 bits per heavy atom. The van der Waals surface area contributed by atoms with Crippen LogP contribution in [0.1, 0.15) is 123 Å². The molecule has 5 N–H and O–H groups in total. The fourth-order valence-electron chi connectivity index (χ4n) is 10.4. The number of likely N-dealkylation sites (tertiary alicyclic amines) is 1. The van der Waals surface area contributed by atoms with Gasteiger partial charge in [0, 0.05) is 64.7 Å². The predicted molar refractivity (Wildman–Crippen MR) is 298 cm³/mol. The molecule has 1 saturated carbocycles. The molecule has 3 aliphatic rings.